The van der Waals surface area contributed by atoms with Crippen molar-refractivity contribution in [2.45, 2.75) is 6.42 Å². The van der Waals surface area contributed by atoms with Gasteiger partial charge in [-0.15, -0.1) is 0 Å². The summed E-state index contributed by atoms with van der Waals surface area (Å²) in [6.07, 6.45) is 0.735. The molecule has 0 aromatic heterocycles. The Morgan fingerprint density at radius 2 is 1.90 bits per heavy atom. The first-order chi connectivity index (χ1) is 9.74. The van der Waals surface area contributed by atoms with Gasteiger partial charge in [-0.3, -0.25) is 4.79 Å². The molecule has 100 valence electrons. The maximum Gasteiger partial charge on any atom is 0.296 e. The molecule has 1 amide bonds. The normalized spacial score (nSPS) is 9.45. The summed E-state index contributed by atoms with van der Waals surface area (Å²) in [4.78, 5) is 11.6. The highest BCUT2D eigenvalue weighted by Crippen LogP contribution is 2.10. The minimum Gasteiger partial charge on any atom is -0.345 e. The van der Waals surface area contributed by atoms with E-state index in [1.165, 1.54) is 0 Å². The minimum absolute atomic E-state index is 0.268. The SMILES string of the molecule is O=C(C#Cc1ccccc1)NCCc1cccc(Cl)c1. The number of carbonyl (C=O) groups excluding carboxylic acids is 1. The van der Waals surface area contributed by atoms with E-state index in [0.29, 0.717) is 11.6 Å². The third-order valence-corrected chi connectivity index (χ3v) is 2.92. The number of rotatable bonds is 3. The van der Waals surface area contributed by atoms with Gasteiger partial charge in [0.2, 0.25) is 0 Å². The smallest absolute Gasteiger partial charge is 0.296 e. The Morgan fingerprint density at radius 3 is 2.65 bits per heavy atom. The second kappa shape index (κ2) is 7.37. The molecule has 0 unspecified atom stereocenters. The lowest BCUT2D eigenvalue weighted by Crippen LogP contribution is -2.23. The van der Waals surface area contributed by atoms with Crippen molar-refractivity contribution in [3.05, 3.63) is 70.7 Å². The molecule has 0 spiro atoms. The summed E-state index contributed by atoms with van der Waals surface area (Å²) in [5.41, 5.74) is 1.92. The zero-order chi connectivity index (χ0) is 14.2. The van der Waals surface area contributed by atoms with E-state index in [9.17, 15) is 4.79 Å². The summed E-state index contributed by atoms with van der Waals surface area (Å²) in [5.74, 6) is 5.12. The first kappa shape index (κ1) is 14.2. The highest BCUT2D eigenvalue weighted by molar-refractivity contribution is 6.30. The number of benzene rings is 2. The predicted octanol–water partition coefficient (Wildman–Crippen LogP) is 3.05. The van der Waals surface area contributed by atoms with Crippen LogP contribution in [0.2, 0.25) is 5.02 Å². The average Bonchev–Trinajstić information content (AvgIpc) is 2.46. The van der Waals surface area contributed by atoms with Crippen LogP contribution in [0.25, 0.3) is 0 Å². The topological polar surface area (TPSA) is 29.1 Å². The molecule has 0 saturated heterocycles. The quantitative estimate of drug-likeness (QED) is 0.862. The Hall–Kier alpha value is -2.24. The zero-order valence-electron chi connectivity index (χ0n) is 10.9. The van der Waals surface area contributed by atoms with E-state index >= 15 is 0 Å². The Kier molecular flexibility index (Phi) is 5.23. The van der Waals surface area contributed by atoms with E-state index in [1.54, 1.807) is 0 Å². The first-order valence-electron chi connectivity index (χ1n) is 6.33. The fraction of sp³-hybridized carbons (Fsp3) is 0.118. The molecule has 0 saturated carbocycles. The molecule has 1 N–H and O–H groups in total. The molecule has 2 aromatic rings. The molecule has 3 heteroatoms. The van der Waals surface area contributed by atoms with Gasteiger partial charge in [-0.1, -0.05) is 47.9 Å². The fourth-order valence-electron chi connectivity index (χ4n) is 1.71. The number of halogens is 1. The molecule has 2 rings (SSSR count). The maximum absolute atomic E-state index is 11.6. The Bertz CT molecular complexity index is 641. The molecule has 2 aromatic carbocycles. The van der Waals surface area contributed by atoms with Crippen LogP contribution in [-0.2, 0) is 11.2 Å². The Labute approximate surface area is 123 Å². The second-order valence-electron chi connectivity index (χ2n) is 4.25. The van der Waals surface area contributed by atoms with Crippen LogP contribution >= 0.6 is 11.6 Å². The highest BCUT2D eigenvalue weighted by Gasteiger charge is 1.97. The van der Waals surface area contributed by atoms with Crippen molar-refractivity contribution in [1.82, 2.24) is 5.32 Å². The van der Waals surface area contributed by atoms with E-state index < -0.39 is 0 Å². The van der Waals surface area contributed by atoms with E-state index in [4.69, 9.17) is 11.6 Å². The van der Waals surface area contributed by atoms with Crippen molar-refractivity contribution in [1.29, 1.82) is 0 Å². The van der Waals surface area contributed by atoms with Crippen LogP contribution in [0.1, 0.15) is 11.1 Å². The maximum atomic E-state index is 11.6. The molecule has 0 heterocycles. The van der Waals surface area contributed by atoms with Crippen LogP contribution in [-0.4, -0.2) is 12.5 Å². The molecule has 0 aliphatic carbocycles. The van der Waals surface area contributed by atoms with E-state index in [1.807, 2.05) is 54.6 Å². The third-order valence-electron chi connectivity index (χ3n) is 2.68. The monoisotopic (exact) mass is 283 g/mol. The summed E-state index contributed by atoms with van der Waals surface area (Å²) in [5, 5.41) is 3.47. The molecule has 0 atom stereocenters. The van der Waals surface area contributed by atoms with Gasteiger partial charge >= 0.3 is 0 Å². The van der Waals surface area contributed by atoms with Crippen LogP contribution in [0.5, 0.6) is 0 Å². The van der Waals surface area contributed by atoms with Gasteiger partial charge in [-0.05, 0) is 36.2 Å². The van der Waals surface area contributed by atoms with Gasteiger partial charge in [0.1, 0.15) is 0 Å². The Morgan fingerprint density at radius 1 is 1.10 bits per heavy atom. The lowest BCUT2D eigenvalue weighted by atomic mass is 10.1. The molecular weight excluding hydrogens is 270 g/mol. The molecule has 0 radical (unpaired) electrons. The highest BCUT2D eigenvalue weighted by atomic mass is 35.5. The van der Waals surface area contributed by atoms with Crippen LogP contribution < -0.4 is 5.32 Å². The van der Waals surface area contributed by atoms with Crippen LogP contribution in [0, 0.1) is 11.8 Å². The number of hydrogen-bond acceptors (Lipinski definition) is 1. The number of hydrogen-bond donors (Lipinski definition) is 1. The summed E-state index contributed by atoms with van der Waals surface area (Å²) in [6, 6.07) is 17.0. The molecule has 20 heavy (non-hydrogen) atoms. The number of carbonyl (C=O) groups is 1. The second-order valence-corrected chi connectivity index (χ2v) is 4.69. The van der Waals surface area contributed by atoms with Gasteiger partial charge in [-0.2, -0.15) is 0 Å². The fourth-order valence-corrected chi connectivity index (χ4v) is 1.92. The number of amides is 1. The van der Waals surface area contributed by atoms with Crippen molar-refractivity contribution in [2.75, 3.05) is 6.54 Å². The first-order valence-corrected chi connectivity index (χ1v) is 6.71. The molecule has 0 aliphatic rings. The van der Waals surface area contributed by atoms with Gasteiger partial charge in [0.25, 0.3) is 5.91 Å². The van der Waals surface area contributed by atoms with Gasteiger partial charge in [0.15, 0.2) is 0 Å². The lowest BCUT2D eigenvalue weighted by Gasteiger charge is -2.02. The summed E-state index contributed by atoms with van der Waals surface area (Å²) in [7, 11) is 0. The van der Waals surface area contributed by atoms with E-state index in [2.05, 4.69) is 17.2 Å². The van der Waals surface area contributed by atoms with Crippen molar-refractivity contribution in [3.63, 3.8) is 0 Å². The van der Waals surface area contributed by atoms with Crippen molar-refractivity contribution < 1.29 is 4.79 Å². The van der Waals surface area contributed by atoms with Crippen LogP contribution in [0.4, 0.5) is 0 Å². The minimum atomic E-state index is -0.268. The van der Waals surface area contributed by atoms with Gasteiger partial charge in [0.05, 0.1) is 0 Å². The summed E-state index contributed by atoms with van der Waals surface area (Å²) in [6.45, 7) is 0.544. The summed E-state index contributed by atoms with van der Waals surface area (Å²) >= 11 is 5.89. The molecule has 0 aliphatic heterocycles. The lowest BCUT2D eigenvalue weighted by molar-refractivity contribution is -0.115. The van der Waals surface area contributed by atoms with Crippen LogP contribution in [0.3, 0.4) is 0 Å². The largest absolute Gasteiger partial charge is 0.345 e. The van der Waals surface area contributed by atoms with Crippen LogP contribution in [0.15, 0.2) is 54.6 Å². The van der Waals surface area contributed by atoms with Gasteiger partial charge in [-0.25, -0.2) is 0 Å². The van der Waals surface area contributed by atoms with Crippen molar-refractivity contribution in [3.8, 4) is 11.8 Å². The van der Waals surface area contributed by atoms with Gasteiger partial charge in [0, 0.05) is 23.1 Å². The van der Waals surface area contributed by atoms with E-state index in [0.717, 1.165) is 17.5 Å². The zero-order valence-corrected chi connectivity index (χ0v) is 11.7. The van der Waals surface area contributed by atoms with E-state index in [-0.39, 0.29) is 5.91 Å². The predicted molar refractivity (Wildman–Crippen MR) is 81.5 cm³/mol. The molecule has 0 fully saturated rings. The summed E-state index contributed by atoms with van der Waals surface area (Å²) < 4.78 is 0. The standard InChI is InChI=1S/C17H14ClNO/c18-16-8-4-7-15(13-16)11-12-19-17(20)10-9-14-5-2-1-3-6-14/h1-8,13H,11-12H2,(H,19,20). The molecule has 2 nitrogen and oxygen atoms in total. The van der Waals surface area contributed by atoms with Crippen molar-refractivity contribution >= 4 is 17.5 Å². The average molecular weight is 284 g/mol. The molecular formula is C17H14ClNO. The Balaban J connectivity index is 1.80. The van der Waals surface area contributed by atoms with Crippen molar-refractivity contribution in [2.24, 2.45) is 0 Å². The van der Waals surface area contributed by atoms with Gasteiger partial charge < -0.3 is 5.32 Å². The molecule has 0 bridgehead atoms. The number of nitrogens with one attached hydrogen (secondary N) is 1. The third kappa shape index (κ3) is 4.79.